The maximum Gasteiger partial charge on any atom is 0.159 e. The Morgan fingerprint density at radius 2 is 2.14 bits per heavy atom. The van der Waals surface area contributed by atoms with E-state index < -0.39 is 0 Å². The Labute approximate surface area is 86.8 Å². The summed E-state index contributed by atoms with van der Waals surface area (Å²) in [4.78, 5) is 8.59. The zero-order valence-electron chi connectivity index (χ0n) is 7.90. The molecule has 0 amide bonds. The summed E-state index contributed by atoms with van der Waals surface area (Å²) in [5.74, 6) is 0.797. The number of nitrogens with one attached hydrogen (secondary N) is 1. The first-order chi connectivity index (χ1) is 6.90. The molecular formula is C10H11N3S. The number of aromatic nitrogens is 2. The van der Waals surface area contributed by atoms with Gasteiger partial charge in [-0.05, 0) is 18.5 Å². The summed E-state index contributed by atoms with van der Waals surface area (Å²) >= 11 is 1.66. The van der Waals surface area contributed by atoms with Crippen molar-refractivity contribution in [2.45, 2.75) is 6.54 Å². The molecule has 0 aliphatic heterocycles. The van der Waals surface area contributed by atoms with Gasteiger partial charge in [-0.2, -0.15) is 11.3 Å². The molecule has 72 valence electrons. The standard InChI is InChI=1S/C10H11N3S/c1-11-4-8-5-12-10(13-6-8)9-2-3-14-7-9/h2-3,5-7,11H,4H2,1H3. The Balaban J connectivity index is 2.22. The Bertz CT molecular complexity index is 380. The van der Waals surface area contributed by atoms with Crippen molar-refractivity contribution in [3.8, 4) is 11.4 Å². The minimum absolute atomic E-state index is 0.797. The van der Waals surface area contributed by atoms with Crippen molar-refractivity contribution in [2.75, 3.05) is 7.05 Å². The van der Waals surface area contributed by atoms with Crippen molar-refractivity contribution >= 4 is 11.3 Å². The summed E-state index contributed by atoms with van der Waals surface area (Å²) in [7, 11) is 1.91. The van der Waals surface area contributed by atoms with Crippen LogP contribution < -0.4 is 5.32 Å². The van der Waals surface area contributed by atoms with Crippen LogP contribution in [0.1, 0.15) is 5.56 Å². The quantitative estimate of drug-likeness (QED) is 0.832. The SMILES string of the molecule is CNCc1cnc(-c2ccsc2)nc1. The first-order valence-corrected chi connectivity index (χ1v) is 5.32. The number of nitrogens with zero attached hydrogens (tertiary/aromatic N) is 2. The normalized spacial score (nSPS) is 10.4. The Morgan fingerprint density at radius 1 is 1.36 bits per heavy atom. The first kappa shape index (κ1) is 9.30. The predicted molar refractivity (Wildman–Crippen MR) is 58.1 cm³/mol. The fourth-order valence-electron chi connectivity index (χ4n) is 1.19. The van der Waals surface area contributed by atoms with Crippen molar-refractivity contribution in [1.29, 1.82) is 0 Å². The second-order valence-corrected chi connectivity index (χ2v) is 3.74. The van der Waals surface area contributed by atoms with Crippen LogP contribution in [0.5, 0.6) is 0 Å². The van der Waals surface area contributed by atoms with Crippen LogP contribution >= 0.6 is 11.3 Å². The highest BCUT2D eigenvalue weighted by atomic mass is 32.1. The average molecular weight is 205 g/mol. The smallest absolute Gasteiger partial charge is 0.159 e. The van der Waals surface area contributed by atoms with Crippen LogP contribution in [0.3, 0.4) is 0 Å². The molecule has 0 spiro atoms. The molecule has 14 heavy (non-hydrogen) atoms. The second kappa shape index (κ2) is 4.30. The van der Waals surface area contributed by atoms with E-state index in [0.29, 0.717) is 0 Å². The van der Waals surface area contributed by atoms with Gasteiger partial charge in [0.05, 0.1) is 0 Å². The monoisotopic (exact) mass is 205 g/mol. The molecule has 2 rings (SSSR count). The van der Waals surface area contributed by atoms with Gasteiger partial charge in [0.25, 0.3) is 0 Å². The largest absolute Gasteiger partial charge is 0.316 e. The molecule has 0 aliphatic rings. The number of hydrogen-bond acceptors (Lipinski definition) is 4. The Morgan fingerprint density at radius 3 is 2.71 bits per heavy atom. The topological polar surface area (TPSA) is 37.8 Å². The fraction of sp³-hybridized carbons (Fsp3) is 0.200. The number of hydrogen-bond donors (Lipinski definition) is 1. The summed E-state index contributed by atoms with van der Waals surface area (Å²) in [5.41, 5.74) is 2.19. The van der Waals surface area contributed by atoms with Crippen LogP contribution in [0.25, 0.3) is 11.4 Å². The van der Waals surface area contributed by atoms with Gasteiger partial charge in [0.15, 0.2) is 5.82 Å². The second-order valence-electron chi connectivity index (χ2n) is 2.96. The van der Waals surface area contributed by atoms with Gasteiger partial charge in [-0.25, -0.2) is 9.97 Å². The molecule has 0 radical (unpaired) electrons. The molecule has 0 unspecified atom stereocenters. The molecular weight excluding hydrogens is 194 g/mol. The lowest BCUT2D eigenvalue weighted by molar-refractivity contribution is 0.807. The summed E-state index contributed by atoms with van der Waals surface area (Å²) in [6.45, 7) is 0.809. The van der Waals surface area contributed by atoms with Gasteiger partial charge in [0, 0.05) is 35.4 Å². The lowest BCUT2D eigenvalue weighted by Gasteiger charge is -1.99. The number of rotatable bonds is 3. The Hall–Kier alpha value is -1.26. The van der Waals surface area contributed by atoms with E-state index in [1.54, 1.807) is 11.3 Å². The van der Waals surface area contributed by atoms with Crippen molar-refractivity contribution in [2.24, 2.45) is 0 Å². The molecule has 4 heteroatoms. The van der Waals surface area contributed by atoms with E-state index in [1.807, 2.05) is 36.3 Å². The van der Waals surface area contributed by atoms with Crippen molar-refractivity contribution in [1.82, 2.24) is 15.3 Å². The molecule has 0 atom stereocenters. The summed E-state index contributed by atoms with van der Waals surface area (Å²) < 4.78 is 0. The van der Waals surface area contributed by atoms with Crippen molar-refractivity contribution in [3.63, 3.8) is 0 Å². The minimum Gasteiger partial charge on any atom is -0.316 e. The number of thiophene rings is 1. The van der Waals surface area contributed by atoms with Gasteiger partial charge < -0.3 is 5.32 Å². The van der Waals surface area contributed by atoms with Crippen LogP contribution in [0.2, 0.25) is 0 Å². The molecule has 0 saturated heterocycles. The van der Waals surface area contributed by atoms with Gasteiger partial charge in [-0.15, -0.1) is 0 Å². The van der Waals surface area contributed by atoms with E-state index in [0.717, 1.165) is 23.5 Å². The molecule has 3 nitrogen and oxygen atoms in total. The zero-order valence-corrected chi connectivity index (χ0v) is 8.71. The maximum absolute atomic E-state index is 4.30. The predicted octanol–water partition coefficient (Wildman–Crippen LogP) is 1.92. The highest BCUT2D eigenvalue weighted by Crippen LogP contribution is 2.17. The van der Waals surface area contributed by atoms with E-state index in [1.165, 1.54) is 0 Å². The van der Waals surface area contributed by atoms with E-state index >= 15 is 0 Å². The molecule has 0 aromatic carbocycles. The van der Waals surface area contributed by atoms with Gasteiger partial charge in [-0.3, -0.25) is 0 Å². The summed E-state index contributed by atoms with van der Waals surface area (Å²) in [6, 6.07) is 2.03. The lowest BCUT2D eigenvalue weighted by Crippen LogP contribution is -2.05. The van der Waals surface area contributed by atoms with Crippen LogP contribution in [-0.2, 0) is 6.54 Å². The fourth-order valence-corrected chi connectivity index (χ4v) is 1.83. The highest BCUT2D eigenvalue weighted by Gasteiger charge is 2.00. The maximum atomic E-state index is 4.30. The highest BCUT2D eigenvalue weighted by molar-refractivity contribution is 7.08. The van der Waals surface area contributed by atoms with Gasteiger partial charge in [0.1, 0.15) is 0 Å². The van der Waals surface area contributed by atoms with Crippen molar-refractivity contribution < 1.29 is 0 Å². The average Bonchev–Trinajstić information content (AvgIpc) is 2.72. The summed E-state index contributed by atoms with van der Waals surface area (Å²) in [5, 5.41) is 7.14. The van der Waals surface area contributed by atoms with Crippen LogP contribution in [-0.4, -0.2) is 17.0 Å². The van der Waals surface area contributed by atoms with Crippen LogP contribution in [0, 0.1) is 0 Å². The third kappa shape index (κ3) is 1.97. The Kier molecular flexibility index (Phi) is 2.86. The lowest BCUT2D eigenvalue weighted by atomic mass is 10.3. The minimum atomic E-state index is 0.797. The molecule has 0 saturated carbocycles. The molecule has 0 aliphatic carbocycles. The van der Waals surface area contributed by atoms with Gasteiger partial charge in [0.2, 0.25) is 0 Å². The zero-order chi connectivity index (χ0) is 9.80. The molecule has 0 bridgehead atoms. The summed E-state index contributed by atoms with van der Waals surface area (Å²) in [6.07, 6.45) is 3.72. The first-order valence-electron chi connectivity index (χ1n) is 4.38. The van der Waals surface area contributed by atoms with Gasteiger partial charge >= 0.3 is 0 Å². The van der Waals surface area contributed by atoms with E-state index in [9.17, 15) is 0 Å². The van der Waals surface area contributed by atoms with Gasteiger partial charge in [-0.1, -0.05) is 0 Å². The molecule has 2 aromatic heterocycles. The molecule has 1 N–H and O–H groups in total. The molecule has 2 heterocycles. The third-order valence-electron chi connectivity index (χ3n) is 1.87. The van der Waals surface area contributed by atoms with Crippen molar-refractivity contribution in [3.05, 3.63) is 34.8 Å². The molecule has 2 aromatic rings. The van der Waals surface area contributed by atoms with Crippen LogP contribution in [0.15, 0.2) is 29.2 Å². The van der Waals surface area contributed by atoms with Crippen LogP contribution in [0.4, 0.5) is 0 Å². The third-order valence-corrected chi connectivity index (χ3v) is 2.55. The molecule has 0 fully saturated rings. The van der Waals surface area contributed by atoms with E-state index in [4.69, 9.17) is 0 Å². The van der Waals surface area contributed by atoms with E-state index in [-0.39, 0.29) is 0 Å². The van der Waals surface area contributed by atoms with E-state index in [2.05, 4.69) is 15.3 Å².